The number of methoxy groups -OCH3 is 1. The van der Waals surface area contributed by atoms with Crippen LogP contribution in [-0.2, 0) is 13.0 Å². The molecule has 19 heavy (non-hydrogen) atoms. The highest BCUT2D eigenvalue weighted by atomic mass is 16.5. The Bertz CT molecular complexity index is 432. The van der Waals surface area contributed by atoms with Gasteiger partial charge in [0.15, 0.2) is 0 Å². The van der Waals surface area contributed by atoms with Gasteiger partial charge in [0.05, 0.1) is 7.11 Å². The van der Waals surface area contributed by atoms with Crippen LogP contribution in [-0.4, -0.2) is 45.3 Å². The Labute approximate surface area is 115 Å². The van der Waals surface area contributed by atoms with E-state index in [4.69, 9.17) is 9.47 Å². The molecule has 0 aromatic heterocycles. The van der Waals surface area contributed by atoms with E-state index in [0.29, 0.717) is 0 Å². The number of likely N-dealkylation sites (N-methyl/N-ethyl adjacent to an activating group) is 1. The van der Waals surface area contributed by atoms with Gasteiger partial charge in [0.25, 0.3) is 0 Å². The zero-order valence-electron chi connectivity index (χ0n) is 12.3. The van der Waals surface area contributed by atoms with E-state index in [9.17, 15) is 0 Å². The summed E-state index contributed by atoms with van der Waals surface area (Å²) in [5.41, 5.74) is 2.41. The van der Waals surface area contributed by atoms with Crippen molar-refractivity contribution in [2.45, 2.75) is 26.0 Å². The fourth-order valence-corrected chi connectivity index (χ4v) is 2.34. The Hall–Kier alpha value is -1.26. The van der Waals surface area contributed by atoms with E-state index < -0.39 is 0 Å². The van der Waals surface area contributed by atoms with Crippen LogP contribution in [0.25, 0.3) is 0 Å². The molecular formula is C15H24N2O2. The molecule has 0 fully saturated rings. The van der Waals surface area contributed by atoms with Crippen molar-refractivity contribution in [3.05, 3.63) is 23.3 Å². The van der Waals surface area contributed by atoms with E-state index in [0.717, 1.165) is 43.1 Å². The van der Waals surface area contributed by atoms with Crippen molar-refractivity contribution < 1.29 is 9.47 Å². The van der Waals surface area contributed by atoms with Crippen LogP contribution >= 0.6 is 0 Å². The maximum absolute atomic E-state index is 5.80. The summed E-state index contributed by atoms with van der Waals surface area (Å²) in [5.74, 6) is 1.96. The van der Waals surface area contributed by atoms with Gasteiger partial charge < -0.3 is 19.7 Å². The van der Waals surface area contributed by atoms with Gasteiger partial charge in [0, 0.05) is 37.2 Å². The molecular weight excluding hydrogens is 240 g/mol. The summed E-state index contributed by atoms with van der Waals surface area (Å²) in [5, 5.41) is 3.43. The van der Waals surface area contributed by atoms with E-state index in [1.54, 1.807) is 7.11 Å². The number of nitrogens with zero attached hydrogens (tertiary/aromatic N) is 1. The maximum Gasteiger partial charge on any atom is 0.123 e. The van der Waals surface area contributed by atoms with Crippen LogP contribution in [0.2, 0.25) is 0 Å². The van der Waals surface area contributed by atoms with Crippen LogP contribution in [0.5, 0.6) is 11.5 Å². The number of fused-ring (bicyclic) bond motifs is 1. The molecule has 0 bridgehead atoms. The summed E-state index contributed by atoms with van der Waals surface area (Å²) in [6, 6.07) is 4.22. The third-order valence-corrected chi connectivity index (χ3v) is 3.35. The summed E-state index contributed by atoms with van der Waals surface area (Å²) in [7, 11) is 5.88. The Kier molecular flexibility index (Phi) is 4.66. The lowest BCUT2D eigenvalue weighted by molar-refractivity contribution is 0.254. The van der Waals surface area contributed by atoms with Gasteiger partial charge in [-0.25, -0.2) is 0 Å². The molecule has 1 aromatic carbocycles. The molecule has 0 amide bonds. The van der Waals surface area contributed by atoms with Crippen LogP contribution in [0.4, 0.5) is 0 Å². The van der Waals surface area contributed by atoms with Gasteiger partial charge in [-0.3, -0.25) is 0 Å². The van der Waals surface area contributed by atoms with Crippen molar-refractivity contribution in [1.82, 2.24) is 10.2 Å². The first-order valence-electron chi connectivity index (χ1n) is 6.82. The molecule has 0 spiro atoms. The normalized spacial score (nSPS) is 17.4. The van der Waals surface area contributed by atoms with Crippen LogP contribution in [0, 0.1) is 0 Å². The van der Waals surface area contributed by atoms with Gasteiger partial charge in [-0.1, -0.05) is 0 Å². The first kappa shape index (κ1) is 14.2. The third kappa shape index (κ3) is 3.61. The molecule has 4 nitrogen and oxygen atoms in total. The Morgan fingerprint density at radius 2 is 2.21 bits per heavy atom. The lowest BCUT2D eigenvalue weighted by Gasteiger charge is -2.13. The Morgan fingerprint density at radius 1 is 1.42 bits per heavy atom. The summed E-state index contributed by atoms with van der Waals surface area (Å²) in [6.07, 6.45) is 1.25. The van der Waals surface area contributed by atoms with Crippen LogP contribution < -0.4 is 14.8 Å². The standard InChI is InChI=1S/C15H24N2O2/c1-11-7-12-8-14(18-4)13(9-15(12)19-11)10-16-5-6-17(2)3/h8-9,11,16H,5-7,10H2,1-4H3. The molecule has 1 aliphatic rings. The SMILES string of the molecule is COc1cc2c(cc1CNCCN(C)C)OC(C)C2. The molecule has 0 saturated heterocycles. The molecule has 2 rings (SSSR count). The van der Waals surface area contributed by atoms with Gasteiger partial charge >= 0.3 is 0 Å². The Balaban J connectivity index is 2.01. The number of rotatable bonds is 6. The highest BCUT2D eigenvalue weighted by molar-refractivity contribution is 5.48. The minimum absolute atomic E-state index is 0.275. The lowest BCUT2D eigenvalue weighted by Crippen LogP contribution is -2.26. The number of nitrogens with one attached hydrogen (secondary N) is 1. The summed E-state index contributed by atoms with van der Waals surface area (Å²) in [4.78, 5) is 2.16. The van der Waals surface area contributed by atoms with Gasteiger partial charge in [-0.2, -0.15) is 0 Å². The Morgan fingerprint density at radius 3 is 2.89 bits per heavy atom. The van der Waals surface area contributed by atoms with Crippen LogP contribution in [0.15, 0.2) is 12.1 Å². The molecule has 1 N–H and O–H groups in total. The number of ether oxygens (including phenoxy) is 2. The van der Waals surface area contributed by atoms with E-state index in [1.807, 2.05) is 0 Å². The zero-order chi connectivity index (χ0) is 13.8. The molecule has 1 heterocycles. The van der Waals surface area contributed by atoms with E-state index in [1.165, 1.54) is 5.56 Å². The van der Waals surface area contributed by atoms with Gasteiger partial charge in [0.2, 0.25) is 0 Å². The van der Waals surface area contributed by atoms with Crippen molar-refractivity contribution in [3.8, 4) is 11.5 Å². The fourth-order valence-electron chi connectivity index (χ4n) is 2.34. The average molecular weight is 264 g/mol. The topological polar surface area (TPSA) is 33.7 Å². The van der Waals surface area contributed by atoms with Crippen molar-refractivity contribution in [2.75, 3.05) is 34.3 Å². The number of hydrogen-bond acceptors (Lipinski definition) is 4. The second-order valence-corrected chi connectivity index (χ2v) is 5.38. The summed E-state index contributed by atoms with van der Waals surface area (Å²) in [6.45, 7) is 4.90. The molecule has 0 aliphatic carbocycles. The highest BCUT2D eigenvalue weighted by Gasteiger charge is 2.21. The monoisotopic (exact) mass is 264 g/mol. The second kappa shape index (κ2) is 6.26. The third-order valence-electron chi connectivity index (χ3n) is 3.35. The summed E-state index contributed by atoms with van der Waals surface area (Å²) >= 11 is 0. The second-order valence-electron chi connectivity index (χ2n) is 5.38. The zero-order valence-corrected chi connectivity index (χ0v) is 12.3. The van der Waals surface area contributed by atoms with Crippen molar-refractivity contribution >= 4 is 0 Å². The van der Waals surface area contributed by atoms with E-state index in [2.05, 4.69) is 43.4 Å². The first-order valence-corrected chi connectivity index (χ1v) is 6.82. The minimum atomic E-state index is 0.275. The molecule has 0 radical (unpaired) electrons. The predicted molar refractivity (Wildman–Crippen MR) is 77.0 cm³/mol. The van der Waals surface area contributed by atoms with Crippen LogP contribution in [0.3, 0.4) is 0 Å². The molecule has 0 saturated carbocycles. The van der Waals surface area contributed by atoms with Crippen molar-refractivity contribution in [3.63, 3.8) is 0 Å². The average Bonchev–Trinajstić information content (AvgIpc) is 2.72. The van der Waals surface area contributed by atoms with Crippen LogP contribution in [0.1, 0.15) is 18.1 Å². The largest absolute Gasteiger partial charge is 0.496 e. The molecule has 106 valence electrons. The number of hydrogen-bond donors (Lipinski definition) is 1. The smallest absolute Gasteiger partial charge is 0.123 e. The van der Waals surface area contributed by atoms with Crippen molar-refractivity contribution in [2.24, 2.45) is 0 Å². The maximum atomic E-state index is 5.80. The number of benzene rings is 1. The molecule has 4 heteroatoms. The first-order chi connectivity index (χ1) is 9.10. The molecule has 1 aromatic rings. The van der Waals surface area contributed by atoms with Gasteiger partial charge in [0.1, 0.15) is 17.6 Å². The fraction of sp³-hybridized carbons (Fsp3) is 0.600. The molecule has 1 atom stereocenters. The lowest BCUT2D eigenvalue weighted by atomic mass is 10.1. The molecule has 1 unspecified atom stereocenters. The molecule has 1 aliphatic heterocycles. The summed E-state index contributed by atoms with van der Waals surface area (Å²) < 4.78 is 11.3. The van der Waals surface area contributed by atoms with Gasteiger partial charge in [-0.15, -0.1) is 0 Å². The quantitative estimate of drug-likeness (QED) is 0.793. The minimum Gasteiger partial charge on any atom is -0.496 e. The predicted octanol–water partition coefficient (Wildman–Crippen LogP) is 1.67. The van der Waals surface area contributed by atoms with E-state index >= 15 is 0 Å². The highest BCUT2D eigenvalue weighted by Crippen LogP contribution is 2.34. The van der Waals surface area contributed by atoms with Crippen molar-refractivity contribution in [1.29, 1.82) is 0 Å². The van der Waals surface area contributed by atoms with Gasteiger partial charge in [-0.05, 0) is 33.2 Å². The van der Waals surface area contributed by atoms with E-state index in [-0.39, 0.29) is 6.10 Å².